The molecule has 0 aromatic carbocycles. The highest BCUT2D eigenvalue weighted by atomic mass is 16.5. The molecule has 2 rings (SSSR count). The van der Waals surface area contributed by atoms with Crippen LogP contribution in [0.3, 0.4) is 0 Å². The van der Waals surface area contributed by atoms with E-state index in [-0.39, 0.29) is 12.0 Å². The smallest absolute Gasteiger partial charge is 0.325 e. The zero-order valence-corrected chi connectivity index (χ0v) is 10.0. The number of methoxy groups -OCH3 is 1. The number of morpholine rings is 1. The van der Waals surface area contributed by atoms with Gasteiger partial charge in [-0.2, -0.15) is 0 Å². The number of rotatable bonds is 3. The first-order chi connectivity index (χ1) is 8.20. The van der Waals surface area contributed by atoms with Gasteiger partial charge in [0, 0.05) is 12.6 Å². The van der Waals surface area contributed by atoms with E-state index < -0.39 is 0 Å². The monoisotopic (exact) mass is 240 g/mol. The second kappa shape index (κ2) is 5.29. The number of aromatic nitrogens is 1. The first kappa shape index (κ1) is 12.1. The summed E-state index contributed by atoms with van der Waals surface area (Å²) in [6.07, 6.45) is 0. The summed E-state index contributed by atoms with van der Waals surface area (Å²) in [7, 11) is 1.38. The minimum Gasteiger partial charge on any atom is -0.468 e. The van der Waals surface area contributed by atoms with Gasteiger partial charge in [-0.3, -0.25) is 9.69 Å². The Kier molecular flexibility index (Phi) is 3.75. The van der Waals surface area contributed by atoms with Gasteiger partial charge in [0.2, 0.25) is 0 Å². The van der Waals surface area contributed by atoms with Gasteiger partial charge >= 0.3 is 5.97 Å². The van der Waals surface area contributed by atoms with E-state index >= 15 is 0 Å². The molecule has 0 saturated carbocycles. The molecule has 1 atom stereocenters. The van der Waals surface area contributed by atoms with Crippen molar-refractivity contribution in [2.24, 2.45) is 0 Å². The van der Waals surface area contributed by atoms with Crippen LogP contribution in [0.25, 0.3) is 0 Å². The third-order valence-electron chi connectivity index (χ3n) is 2.75. The first-order valence-electron chi connectivity index (χ1n) is 5.52. The van der Waals surface area contributed by atoms with E-state index in [9.17, 15) is 4.79 Å². The molecular weight excluding hydrogens is 224 g/mol. The SMILES string of the molecule is COC(=O)C1COCCN1Cc1cc(C)no1. The summed E-state index contributed by atoms with van der Waals surface area (Å²) in [4.78, 5) is 13.6. The average Bonchev–Trinajstić information content (AvgIpc) is 2.74. The van der Waals surface area contributed by atoms with Gasteiger partial charge < -0.3 is 14.0 Å². The quantitative estimate of drug-likeness (QED) is 0.711. The van der Waals surface area contributed by atoms with Crippen molar-refractivity contribution in [1.29, 1.82) is 0 Å². The average molecular weight is 240 g/mol. The molecule has 0 amide bonds. The lowest BCUT2D eigenvalue weighted by molar-refractivity contribution is -0.153. The summed E-state index contributed by atoms with van der Waals surface area (Å²) < 4.78 is 15.2. The van der Waals surface area contributed by atoms with Crippen molar-refractivity contribution in [3.8, 4) is 0 Å². The number of nitrogens with zero attached hydrogens (tertiary/aromatic N) is 2. The van der Waals surface area contributed by atoms with Gasteiger partial charge in [0.1, 0.15) is 6.04 Å². The van der Waals surface area contributed by atoms with E-state index in [1.165, 1.54) is 7.11 Å². The highest BCUT2D eigenvalue weighted by Crippen LogP contribution is 2.14. The van der Waals surface area contributed by atoms with Gasteiger partial charge in [-0.1, -0.05) is 5.16 Å². The summed E-state index contributed by atoms with van der Waals surface area (Å²) in [5.41, 5.74) is 0.836. The van der Waals surface area contributed by atoms with Crippen LogP contribution in [-0.4, -0.2) is 48.9 Å². The van der Waals surface area contributed by atoms with Crippen molar-refractivity contribution in [1.82, 2.24) is 10.1 Å². The second-order valence-corrected chi connectivity index (χ2v) is 4.02. The second-order valence-electron chi connectivity index (χ2n) is 4.02. The van der Waals surface area contributed by atoms with Crippen molar-refractivity contribution in [2.75, 3.05) is 26.9 Å². The van der Waals surface area contributed by atoms with E-state index in [0.717, 1.165) is 11.5 Å². The van der Waals surface area contributed by atoms with E-state index in [2.05, 4.69) is 5.16 Å². The Morgan fingerprint density at radius 3 is 3.18 bits per heavy atom. The molecule has 0 radical (unpaired) electrons. The standard InChI is InChI=1S/C11H16N2O4/c1-8-5-9(17-12-8)6-13-3-4-16-7-10(13)11(14)15-2/h5,10H,3-4,6-7H2,1-2H3. The van der Waals surface area contributed by atoms with Crippen LogP contribution in [0.2, 0.25) is 0 Å². The Hall–Kier alpha value is -1.40. The Morgan fingerprint density at radius 1 is 1.71 bits per heavy atom. The van der Waals surface area contributed by atoms with Crippen molar-refractivity contribution >= 4 is 5.97 Å². The molecule has 0 bridgehead atoms. The molecule has 0 N–H and O–H groups in total. The lowest BCUT2D eigenvalue weighted by atomic mass is 10.2. The van der Waals surface area contributed by atoms with Crippen molar-refractivity contribution in [2.45, 2.75) is 19.5 Å². The molecule has 1 saturated heterocycles. The molecule has 0 aliphatic carbocycles. The Labute approximate surface area is 99.5 Å². The molecule has 6 heteroatoms. The molecule has 6 nitrogen and oxygen atoms in total. The zero-order valence-electron chi connectivity index (χ0n) is 10.0. The van der Waals surface area contributed by atoms with Gasteiger partial charge in [0.05, 0.1) is 32.6 Å². The van der Waals surface area contributed by atoms with Gasteiger partial charge in [0.25, 0.3) is 0 Å². The normalized spacial score (nSPS) is 21.4. The topological polar surface area (TPSA) is 64.8 Å². The fourth-order valence-electron chi connectivity index (χ4n) is 1.87. The van der Waals surface area contributed by atoms with Crippen molar-refractivity contribution in [3.05, 3.63) is 17.5 Å². The highest BCUT2D eigenvalue weighted by Gasteiger charge is 2.30. The number of aryl methyl sites for hydroxylation is 1. The first-order valence-corrected chi connectivity index (χ1v) is 5.52. The van der Waals surface area contributed by atoms with Crippen molar-refractivity contribution in [3.63, 3.8) is 0 Å². The molecule has 0 spiro atoms. The zero-order chi connectivity index (χ0) is 12.3. The van der Waals surface area contributed by atoms with Gasteiger partial charge in [0.15, 0.2) is 5.76 Å². The molecule has 17 heavy (non-hydrogen) atoms. The molecule has 1 aliphatic rings. The lowest BCUT2D eigenvalue weighted by Gasteiger charge is -2.32. The molecule has 1 aliphatic heterocycles. The minimum absolute atomic E-state index is 0.277. The molecular formula is C11H16N2O4. The van der Waals surface area contributed by atoms with Crippen LogP contribution in [0.4, 0.5) is 0 Å². The molecule has 1 fully saturated rings. The molecule has 94 valence electrons. The van der Waals surface area contributed by atoms with Gasteiger partial charge in [-0.15, -0.1) is 0 Å². The van der Waals surface area contributed by atoms with E-state index in [1.54, 1.807) is 0 Å². The largest absolute Gasteiger partial charge is 0.468 e. The molecule has 1 aromatic heterocycles. The fourth-order valence-corrected chi connectivity index (χ4v) is 1.87. The van der Waals surface area contributed by atoms with Crippen LogP contribution in [0.15, 0.2) is 10.6 Å². The van der Waals surface area contributed by atoms with E-state index in [4.69, 9.17) is 14.0 Å². The summed E-state index contributed by atoms with van der Waals surface area (Å²) in [6.45, 7) is 4.06. The molecule has 1 aromatic rings. The third kappa shape index (κ3) is 2.83. The minimum atomic E-state index is -0.362. The number of carbonyl (C=O) groups is 1. The van der Waals surface area contributed by atoms with Crippen LogP contribution >= 0.6 is 0 Å². The lowest BCUT2D eigenvalue weighted by Crippen LogP contribution is -2.49. The predicted molar refractivity (Wildman–Crippen MR) is 58.3 cm³/mol. The maximum Gasteiger partial charge on any atom is 0.325 e. The van der Waals surface area contributed by atoms with Crippen LogP contribution in [-0.2, 0) is 20.8 Å². The molecule has 1 unspecified atom stereocenters. The van der Waals surface area contributed by atoms with Crippen LogP contribution in [0.5, 0.6) is 0 Å². The number of hydrogen-bond acceptors (Lipinski definition) is 6. The number of esters is 1. The van der Waals surface area contributed by atoms with E-state index in [0.29, 0.717) is 26.3 Å². The number of ether oxygens (including phenoxy) is 2. The Balaban J connectivity index is 2.03. The molecule has 2 heterocycles. The maximum absolute atomic E-state index is 11.6. The summed E-state index contributed by atoms with van der Waals surface area (Å²) >= 11 is 0. The number of hydrogen-bond donors (Lipinski definition) is 0. The summed E-state index contributed by atoms with van der Waals surface area (Å²) in [6, 6.07) is 1.50. The van der Waals surface area contributed by atoms with Crippen LogP contribution < -0.4 is 0 Å². The van der Waals surface area contributed by atoms with E-state index in [1.807, 2.05) is 17.9 Å². The van der Waals surface area contributed by atoms with Crippen LogP contribution in [0, 0.1) is 6.92 Å². The van der Waals surface area contributed by atoms with Gasteiger partial charge in [-0.05, 0) is 6.92 Å². The summed E-state index contributed by atoms with van der Waals surface area (Å²) in [5.74, 6) is 0.472. The fraction of sp³-hybridized carbons (Fsp3) is 0.636. The summed E-state index contributed by atoms with van der Waals surface area (Å²) in [5, 5.41) is 3.82. The number of carbonyl (C=O) groups excluding carboxylic acids is 1. The predicted octanol–water partition coefficient (Wildman–Crippen LogP) is 0.357. The third-order valence-corrected chi connectivity index (χ3v) is 2.75. The van der Waals surface area contributed by atoms with Crippen molar-refractivity contribution < 1.29 is 18.8 Å². The maximum atomic E-state index is 11.6. The Morgan fingerprint density at radius 2 is 2.53 bits per heavy atom. The van der Waals surface area contributed by atoms with Crippen LogP contribution in [0.1, 0.15) is 11.5 Å². The Bertz CT molecular complexity index is 391. The van der Waals surface area contributed by atoms with Gasteiger partial charge in [-0.25, -0.2) is 0 Å². The highest BCUT2D eigenvalue weighted by molar-refractivity contribution is 5.75.